The van der Waals surface area contributed by atoms with Crippen LogP contribution in [-0.4, -0.2) is 46.7 Å². The molecule has 1 heterocycles. The summed E-state index contributed by atoms with van der Waals surface area (Å²) in [7, 11) is 0. The van der Waals surface area contributed by atoms with Gasteiger partial charge in [0.15, 0.2) is 0 Å². The fourth-order valence-electron chi connectivity index (χ4n) is 4.59. The Labute approximate surface area is 126 Å². The summed E-state index contributed by atoms with van der Waals surface area (Å²) >= 11 is 0. The lowest BCUT2D eigenvalue weighted by molar-refractivity contribution is -0.131. The molecule has 5 heteroatoms. The van der Waals surface area contributed by atoms with Crippen molar-refractivity contribution in [2.24, 2.45) is 5.92 Å². The molecular formula is C16H25N3O2. The van der Waals surface area contributed by atoms with Crippen LogP contribution in [-0.2, 0) is 4.79 Å². The second-order valence-corrected chi connectivity index (χ2v) is 7.06. The SMILES string of the molecule is N#C[C@@H]1CCCN1C(=O)CNC12CCCC(CC(O)C1)C2. The molecule has 2 bridgehead atoms. The van der Waals surface area contributed by atoms with Crippen LogP contribution in [0.5, 0.6) is 0 Å². The molecular weight excluding hydrogens is 266 g/mol. The lowest BCUT2D eigenvalue weighted by Gasteiger charge is -2.47. The van der Waals surface area contributed by atoms with Gasteiger partial charge in [-0.1, -0.05) is 12.8 Å². The zero-order chi connectivity index (χ0) is 14.9. The van der Waals surface area contributed by atoms with Crippen molar-refractivity contribution in [1.29, 1.82) is 5.26 Å². The highest BCUT2D eigenvalue weighted by Gasteiger charge is 2.43. The molecule has 1 saturated heterocycles. The summed E-state index contributed by atoms with van der Waals surface area (Å²) in [5.74, 6) is 0.638. The minimum Gasteiger partial charge on any atom is -0.393 e. The Kier molecular flexibility index (Phi) is 4.19. The third-order valence-corrected chi connectivity index (χ3v) is 5.52. The molecule has 2 N–H and O–H groups in total. The number of amides is 1. The summed E-state index contributed by atoms with van der Waals surface area (Å²) in [6, 6.07) is 1.98. The van der Waals surface area contributed by atoms with Crippen LogP contribution in [0.15, 0.2) is 0 Å². The van der Waals surface area contributed by atoms with Crippen molar-refractivity contribution >= 4 is 5.91 Å². The van der Waals surface area contributed by atoms with E-state index in [-0.39, 0.29) is 23.6 Å². The number of hydrogen-bond acceptors (Lipinski definition) is 4. The number of nitrogens with one attached hydrogen (secondary N) is 1. The van der Waals surface area contributed by atoms with Gasteiger partial charge in [-0.05, 0) is 44.4 Å². The van der Waals surface area contributed by atoms with Crippen LogP contribution in [0.3, 0.4) is 0 Å². The van der Waals surface area contributed by atoms with Gasteiger partial charge in [0.25, 0.3) is 0 Å². The van der Waals surface area contributed by atoms with Crippen molar-refractivity contribution in [3.63, 3.8) is 0 Å². The van der Waals surface area contributed by atoms with Gasteiger partial charge < -0.3 is 15.3 Å². The van der Waals surface area contributed by atoms with Crippen LogP contribution < -0.4 is 5.32 Å². The summed E-state index contributed by atoms with van der Waals surface area (Å²) in [6.07, 6.45) is 7.70. The van der Waals surface area contributed by atoms with Crippen LogP contribution in [0.2, 0.25) is 0 Å². The maximum absolute atomic E-state index is 12.3. The highest BCUT2D eigenvalue weighted by Crippen LogP contribution is 2.42. The van der Waals surface area contributed by atoms with Gasteiger partial charge in [0, 0.05) is 12.1 Å². The first-order valence-corrected chi connectivity index (χ1v) is 8.24. The molecule has 2 aliphatic carbocycles. The van der Waals surface area contributed by atoms with Crippen LogP contribution in [0.25, 0.3) is 0 Å². The van der Waals surface area contributed by atoms with Crippen LogP contribution in [0, 0.1) is 17.2 Å². The van der Waals surface area contributed by atoms with Crippen molar-refractivity contribution < 1.29 is 9.90 Å². The average Bonchev–Trinajstić information content (AvgIpc) is 2.92. The van der Waals surface area contributed by atoms with Crippen LogP contribution >= 0.6 is 0 Å². The van der Waals surface area contributed by atoms with Crippen molar-refractivity contribution in [2.75, 3.05) is 13.1 Å². The summed E-state index contributed by atoms with van der Waals surface area (Å²) in [5.41, 5.74) is -0.0574. The number of likely N-dealkylation sites (tertiary alicyclic amines) is 1. The van der Waals surface area contributed by atoms with Gasteiger partial charge in [0.05, 0.1) is 18.7 Å². The Morgan fingerprint density at radius 2 is 2.24 bits per heavy atom. The van der Waals surface area contributed by atoms with Crippen molar-refractivity contribution in [2.45, 2.75) is 69.1 Å². The molecule has 2 saturated carbocycles. The molecule has 1 aliphatic heterocycles. The van der Waals surface area contributed by atoms with Gasteiger partial charge in [0.2, 0.25) is 5.91 Å². The summed E-state index contributed by atoms with van der Waals surface area (Å²) in [6.45, 7) is 1.01. The maximum Gasteiger partial charge on any atom is 0.237 e. The highest BCUT2D eigenvalue weighted by atomic mass is 16.3. The number of nitrogens with zero attached hydrogens (tertiary/aromatic N) is 2. The van der Waals surface area contributed by atoms with Gasteiger partial charge in [-0.25, -0.2) is 0 Å². The fraction of sp³-hybridized carbons (Fsp3) is 0.875. The van der Waals surface area contributed by atoms with E-state index >= 15 is 0 Å². The van der Waals surface area contributed by atoms with Crippen molar-refractivity contribution in [1.82, 2.24) is 10.2 Å². The van der Waals surface area contributed by atoms with E-state index in [4.69, 9.17) is 5.26 Å². The number of carbonyl (C=O) groups is 1. The normalized spacial score (nSPS) is 39.0. The minimum absolute atomic E-state index is 0.0376. The van der Waals surface area contributed by atoms with Crippen molar-refractivity contribution in [3.05, 3.63) is 0 Å². The van der Waals surface area contributed by atoms with Crippen LogP contribution in [0.4, 0.5) is 0 Å². The topological polar surface area (TPSA) is 76.4 Å². The molecule has 3 rings (SSSR count). The molecule has 21 heavy (non-hydrogen) atoms. The standard InChI is InChI=1S/C16H25N3O2/c17-10-13-4-2-6-19(13)15(21)11-18-16-5-1-3-12(8-16)7-14(20)9-16/h12-14,18,20H,1-9,11H2/t12?,13-,14?,16?/m0/s1. The van der Waals surface area contributed by atoms with E-state index < -0.39 is 0 Å². The fourth-order valence-corrected chi connectivity index (χ4v) is 4.59. The van der Waals surface area contributed by atoms with Crippen LogP contribution in [0.1, 0.15) is 51.4 Å². The van der Waals surface area contributed by atoms with Crippen molar-refractivity contribution in [3.8, 4) is 6.07 Å². The van der Waals surface area contributed by atoms with E-state index in [2.05, 4.69) is 11.4 Å². The molecule has 3 fully saturated rings. The van der Waals surface area contributed by atoms with E-state index in [1.165, 1.54) is 12.8 Å². The summed E-state index contributed by atoms with van der Waals surface area (Å²) in [4.78, 5) is 14.1. The molecule has 0 aromatic heterocycles. The molecule has 0 spiro atoms. The number of hydrogen-bond donors (Lipinski definition) is 2. The Morgan fingerprint density at radius 1 is 1.38 bits per heavy atom. The molecule has 1 amide bonds. The van der Waals surface area contributed by atoms with E-state index in [0.717, 1.165) is 38.5 Å². The second kappa shape index (κ2) is 5.94. The van der Waals surface area contributed by atoms with Gasteiger partial charge in [-0.3, -0.25) is 4.79 Å². The lowest BCUT2D eigenvalue weighted by Crippen LogP contribution is -2.56. The smallest absolute Gasteiger partial charge is 0.237 e. The van der Waals surface area contributed by atoms with E-state index in [1.54, 1.807) is 4.90 Å². The first kappa shape index (κ1) is 14.8. The quantitative estimate of drug-likeness (QED) is 0.818. The number of aliphatic hydroxyl groups is 1. The molecule has 4 atom stereocenters. The monoisotopic (exact) mass is 291 g/mol. The Balaban J connectivity index is 1.59. The first-order chi connectivity index (χ1) is 10.1. The molecule has 3 unspecified atom stereocenters. The van der Waals surface area contributed by atoms with Gasteiger partial charge in [-0.15, -0.1) is 0 Å². The van der Waals surface area contributed by atoms with Gasteiger partial charge in [-0.2, -0.15) is 5.26 Å². The number of rotatable bonds is 3. The third-order valence-electron chi connectivity index (χ3n) is 5.52. The maximum atomic E-state index is 12.3. The van der Waals surface area contributed by atoms with E-state index in [0.29, 0.717) is 19.0 Å². The van der Waals surface area contributed by atoms with Gasteiger partial charge >= 0.3 is 0 Å². The number of nitriles is 1. The lowest BCUT2D eigenvalue weighted by atomic mass is 9.66. The average molecular weight is 291 g/mol. The van der Waals surface area contributed by atoms with Gasteiger partial charge in [0.1, 0.15) is 6.04 Å². The van der Waals surface area contributed by atoms with E-state index in [1.807, 2.05) is 0 Å². The molecule has 0 aromatic rings. The van der Waals surface area contributed by atoms with E-state index in [9.17, 15) is 9.90 Å². The molecule has 3 aliphatic rings. The highest BCUT2D eigenvalue weighted by molar-refractivity contribution is 5.79. The summed E-state index contributed by atoms with van der Waals surface area (Å²) < 4.78 is 0. The Hall–Kier alpha value is -1.12. The number of carbonyl (C=O) groups excluding carboxylic acids is 1. The predicted molar refractivity (Wildman–Crippen MR) is 78.3 cm³/mol. The zero-order valence-electron chi connectivity index (χ0n) is 12.6. The molecule has 0 radical (unpaired) electrons. The second-order valence-electron chi connectivity index (χ2n) is 7.06. The molecule has 0 aromatic carbocycles. The largest absolute Gasteiger partial charge is 0.393 e. The third kappa shape index (κ3) is 3.07. The molecule has 116 valence electrons. The number of fused-ring (bicyclic) bond motifs is 2. The minimum atomic E-state index is -0.243. The Bertz CT molecular complexity index is 443. The molecule has 5 nitrogen and oxygen atoms in total. The number of aliphatic hydroxyl groups excluding tert-OH is 1. The zero-order valence-corrected chi connectivity index (χ0v) is 12.6. The summed E-state index contributed by atoms with van der Waals surface area (Å²) in [5, 5.41) is 22.6. The first-order valence-electron chi connectivity index (χ1n) is 8.24. The predicted octanol–water partition coefficient (Wildman–Crippen LogP) is 1.17. The Morgan fingerprint density at radius 3 is 3.05 bits per heavy atom.